The van der Waals surface area contributed by atoms with Crippen molar-refractivity contribution in [3.8, 4) is 0 Å². The highest BCUT2D eigenvalue weighted by atomic mass is 16.2. The molecule has 2 heterocycles. The van der Waals surface area contributed by atoms with Gasteiger partial charge in [0, 0.05) is 33.7 Å². The van der Waals surface area contributed by atoms with Gasteiger partial charge >= 0.3 is 0 Å². The zero-order valence-corrected chi connectivity index (χ0v) is 9.05. The molecule has 0 saturated carbocycles. The van der Waals surface area contributed by atoms with Gasteiger partial charge in [0.15, 0.2) is 0 Å². The second-order valence-electron chi connectivity index (χ2n) is 4.50. The molecule has 14 heavy (non-hydrogen) atoms. The summed E-state index contributed by atoms with van der Waals surface area (Å²) in [6.07, 6.45) is 2.20. The molecule has 80 valence electrons. The van der Waals surface area contributed by atoms with Crippen LogP contribution in [0.2, 0.25) is 0 Å². The molecule has 0 aromatic heterocycles. The van der Waals surface area contributed by atoms with Crippen molar-refractivity contribution in [2.45, 2.75) is 18.4 Å². The predicted molar refractivity (Wildman–Crippen MR) is 55.1 cm³/mol. The van der Waals surface area contributed by atoms with Gasteiger partial charge < -0.3 is 10.2 Å². The predicted octanol–water partition coefficient (Wildman–Crippen LogP) is -0.488. The summed E-state index contributed by atoms with van der Waals surface area (Å²) in [4.78, 5) is 16.2. The Morgan fingerprint density at radius 2 is 2.14 bits per heavy atom. The zero-order valence-electron chi connectivity index (χ0n) is 9.05. The lowest BCUT2D eigenvalue weighted by molar-refractivity contribution is -0.143. The fraction of sp³-hybridized carbons (Fsp3) is 0.900. The summed E-state index contributed by atoms with van der Waals surface area (Å²) in [6.45, 7) is 3.96. The molecule has 2 saturated heterocycles. The number of carbonyl (C=O) groups excluding carboxylic acids is 1. The van der Waals surface area contributed by atoms with Crippen LogP contribution in [0.3, 0.4) is 0 Å². The normalized spacial score (nSPS) is 32.7. The van der Waals surface area contributed by atoms with Gasteiger partial charge in [-0.3, -0.25) is 9.69 Å². The fourth-order valence-corrected chi connectivity index (χ4v) is 2.43. The second kappa shape index (κ2) is 3.51. The number of amides is 1. The van der Waals surface area contributed by atoms with Crippen molar-refractivity contribution in [1.82, 2.24) is 15.1 Å². The highest BCUT2D eigenvalue weighted by Crippen LogP contribution is 2.29. The summed E-state index contributed by atoms with van der Waals surface area (Å²) in [5, 5.41) is 3.31. The molecule has 2 rings (SSSR count). The lowest BCUT2D eigenvalue weighted by Crippen LogP contribution is -2.63. The molecule has 0 radical (unpaired) electrons. The SMILES string of the molecule is CN(C)C(=O)C1(N2CCC2)CCNC1. The standard InChI is InChI=1S/C10H19N3O/c1-12(2)9(14)10(4-5-11-8-10)13-6-3-7-13/h11H,3-8H2,1-2H3. The van der Waals surface area contributed by atoms with Crippen molar-refractivity contribution in [3.05, 3.63) is 0 Å². The quantitative estimate of drug-likeness (QED) is 0.649. The molecule has 0 aromatic carbocycles. The van der Waals surface area contributed by atoms with E-state index in [1.165, 1.54) is 6.42 Å². The van der Waals surface area contributed by atoms with Crippen LogP contribution in [-0.4, -0.2) is 61.5 Å². The molecule has 2 aliphatic rings. The summed E-state index contributed by atoms with van der Waals surface area (Å²) in [5.41, 5.74) is -0.220. The van der Waals surface area contributed by atoms with Crippen LogP contribution in [0.5, 0.6) is 0 Å². The Labute approximate surface area is 85.2 Å². The van der Waals surface area contributed by atoms with Crippen molar-refractivity contribution in [1.29, 1.82) is 0 Å². The number of hydrogen-bond donors (Lipinski definition) is 1. The Morgan fingerprint density at radius 1 is 1.43 bits per heavy atom. The van der Waals surface area contributed by atoms with Crippen molar-refractivity contribution >= 4 is 5.91 Å². The van der Waals surface area contributed by atoms with Gasteiger partial charge in [0.05, 0.1) is 0 Å². The van der Waals surface area contributed by atoms with Gasteiger partial charge in [-0.2, -0.15) is 0 Å². The molecule has 1 amide bonds. The number of likely N-dealkylation sites (N-methyl/N-ethyl adjacent to an activating group) is 1. The van der Waals surface area contributed by atoms with Crippen LogP contribution >= 0.6 is 0 Å². The maximum absolute atomic E-state index is 12.1. The Morgan fingerprint density at radius 3 is 2.50 bits per heavy atom. The van der Waals surface area contributed by atoms with Crippen LogP contribution in [-0.2, 0) is 4.79 Å². The highest BCUT2D eigenvalue weighted by Gasteiger charge is 2.48. The van der Waals surface area contributed by atoms with Crippen LogP contribution in [0.25, 0.3) is 0 Å². The summed E-state index contributed by atoms with van der Waals surface area (Å²) < 4.78 is 0. The molecule has 0 bridgehead atoms. The van der Waals surface area contributed by atoms with Crippen LogP contribution in [0.1, 0.15) is 12.8 Å². The average molecular weight is 197 g/mol. The van der Waals surface area contributed by atoms with Crippen molar-refractivity contribution in [3.63, 3.8) is 0 Å². The van der Waals surface area contributed by atoms with Crippen molar-refractivity contribution < 1.29 is 4.79 Å². The first kappa shape index (κ1) is 9.93. The third-order valence-electron chi connectivity index (χ3n) is 3.40. The fourth-order valence-electron chi connectivity index (χ4n) is 2.43. The molecule has 1 unspecified atom stereocenters. The van der Waals surface area contributed by atoms with E-state index in [2.05, 4.69) is 10.2 Å². The largest absolute Gasteiger partial charge is 0.347 e. The van der Waals surface area contributed by atoms with Crippen LogP contribution < -0.4 is 5.32 Å². The monoisotopic (exact) mass is 197 g/mol. The van der Waals surface area contributed by atoms with E-state index in [1.54, 1.807) is 4.90 Å². The maximum atomic E-state index is 12.1. The number of likely N-dealkylation sites (tertiary alicyclic amines) is 1. The number of nitrogens with one attached hydrogen (secondary N) is 1. The molecule has 4 nitrogen and oxygen atoms in total. The molecule has 1 atom stereocenters. The van der Waals surface area contributed by atoms with Gasteiger partial charge in [0.1, 0.15) is 5.54 Å². The molecular formula is C10H19N3O. The van der Waals surface area contributed by atoms with Gasteiger partial charge in [0.2, 0.25) is 5.91 Å². The maximum Gasteiger partial charge on any atom is 0.243 e. The summed E-state index contributed by atoms with van der Waals surface area (Å²) in [6, 6.07) is 0. The van der Waals surface area contributed by atoms with Crippen LogP contribution in [0, 0.1) is 0 Å². The van der Waals surface area contributed by atoms with Crippen LogP contribution in [0.4, 0.5) is 0 Å². The molecule has 0 aromatic rings. The van der Waals surface area contributed by atoms with E-state index < -0.39 is 0 Å². The number of carbonyl (C=O) groups is 1. The highest BCUT2D eigenvalue weighted by molar-refractivity contribution is 5.87. The minimum absolute atomic E-state index is 0.220. The summed E-state index contributed by atoms with van der Waals surface area (Å²) in [5.74, 6) is 0.266. The van der Waals surface area contributed by atoms with E-state index in [-0.39, 0.29) is 11.4 Å². The Bertz CT molecular complexity index is 230. The van der Waals surface area contributed by atoms with Gasteiger partial charge in [-0.25, -0.2) is 0 Å². The van der Waals surface area contributed by atoms with E-state index in [4.69, 9.17) is 0 Å². The lowest BCUT2D eigenvalue weighted by atomic mass is 9.91. The first-order valence-corrected chi connectivity index (χ1v) is 5.34. The average Bonchev–Trinajstić information content (AvgIpc) is 2.49. The van der Waals surface area contributed by atoms with Crippen LogP contribution in [0.15, 0.2) is 0 Å². The molecule has 4 heteroatoms. The number of rotatable bonds is 2. The number of hydrogen-bond acceptors (Lipinski definition) is 3. The molecule has 0 spiro atoms. The first-order chi connectivity index (χ1) is 6.67. The van der Waals surface area contributed by atoms with Crippen molar-refractivity contribution in [2.75, 3.05) is 40.3 Å². The third-order valence-corrected chi connectivity index (χ3v) is 3.40. The topological polar surface area (TPSA) is 35.6 Å². The Hall–Kier alpha value is -0.610. The lowest BCUT2D eigenvalue weighted by Gasteiger charge is -2.46. The third kappa shape index (κ3) is 1.33. The van der Waals surface area contributed by atoms with E-state index in [0.29, 0.717) is 0 Å². The van der Waals surface area contributed by atoms with Gasteiger partial charge in [-0.05, 0) is 19.4 Å². The van der Waals surface area contributed by atoms with E-state index in [0.717, 1.165) is 32.6 Å². The second-order valence-corrected chi connectivity index (χ2v) is 4.50. The van der Waals surface area contributed by atoms with Gasteiger partial charge in [0.25, 0.3) is 0 Å². The van der Waals surface area contributed by atoms with Gasteiger partial charge in [-0.15, -0.1) is 0 Å². The van der Waals surface area contributed by atoms with Crippen molar-refractivity contribution in [2.24, 2.45) is 0 Å². The molecule has 2 fully saturated rings. The summed E-state index contributed by atoms with van der Waals surface area (Å²) in [7, 11) is 3.70. The molecule has 1 N–H and O–H groups in total. The zero-order chi connectivity index (χ0) is 10.2. The van der Waals surface area contributed by atoms with E-state index >= 15 is 0 Å². The van der Waals surface area contributed by atoms with E-state index in [9.17, 15) is 4.79 Å². The molecule has 2 aliphatic heterocycles. The molecule has 0 aliphatic carbocycles. The Balaban J connectivity index is 2.16. The minimum Gasteiger partial charge on any atom is -0.347 e. The molecular weight excluding hydrogens is 178 g/mol. The van der Waals surface area contributed by atoms with E-state index in [1.807, 2.05) is 14.1 Å². The smallest absolute Gasteiger partial charge is 0.243 e. The Kier molecular flexibility index (Phi) is 2.49. The van der Waals surface area contributed by atoms with Gasteiger partial charge in [-0.1, -0.05) is 0 Å². The number of nitrogens with zero attached hydrogens (tertiary/aromatic N) is 2. The summed E-state index contributed by atoms with van der Waals surface area (Å²) >= 11 is 0. The minimum atomic E-state index is -0.220. The first-order valence-electron chi connectivity index (χ1n) is 5.34.